The van der Waals surface area contributed by atoms with E-state index in [0.717, 1.165) is 22.7 Å². The van der Waals surface area contributed by atoms with Crippen molar-refractivity contribution in [1.29, 1.82) is 0 Å². The van der Waals surface area contributed by atoms with E-state index in [9.17, 15) is 0 Å². The van der Waals surface area contributed by atoms with E-state index in [0.29, 0.717) is 0 Å². The van der Waals surface area contributed by atoms with Crippen LogP contribution in [-0.4, -0.2) is 4.57 Å². The first-order chi connectivity index (χ1) is 29.8. The summed E-state index contributed by atoms with van der Waals surface area (Å²) in [6, 6.07) is 84.1. The lowest BCUT2D eigenvalue weighted by Gasteiger charge is -2.26. The number of para-hydroxylation sites is 1. The SMILES string of the molecule is c1ccc(-c2ccc(N(c3ccc(-c4ccccc4)cc3)c3ccc(-n4c5ccccc5c5c6cccc7c6c(cc54)-c4ccccc4-c4ccccc4-7)cc3)cc2)cc1. The average Bonchev–Trinajstić information content (AvgIpc) is 3.61. The maximum absolute atomic E-state index is 2.46. The summed E-state index contributed by atoms with van der Waals surface area (Å²) in [7, 11) is 0. The molecule has 10 aromatic carbocycles. The van der Waals surface area contributed by atoms with Gasteiger partial charge in [-0.15, -0.1) is 0 Å². The van der Waals surface area contributed by atoms with Crippen molar-refractivity contribution < 1.29 is 0 Å². The second-order valence-electron chi connectivity index (χ2n) is 15.7. The van der Waals surface area contributed by atoms with Crippen LogP contribution in [0.15, 0.2) is 231 Å². The molecule has 60 heavy (non-hydrogen) atoms. The van der Waals surface area contributed by atoms with Crippen LogP contribution in [0.25, 0.3) is 93.9 Å². The third kappa shape index (κ3) is 5.42. The van der Waals surface area contributed by atoms with E-state index in [1.54, 1.807) is 0 Å². The zero-order valence-corrected chi connectivity index (χ0v) is 32.8. The monoisotopic (exact) mass is 762 g/mol. The van der Waals surface area contributed by atoms with Crippen LogP contribution in [0.2, 0.25) is 0 Å². The van der Waals surface area contributed by atoms with Gasteiger partial charge in [0.15, 0.2) is 0 Å². The van der Waals surface area contributed by atoms with E-state index < -0.39 is 0 Å². The second kappa shape index (κ2) is 13.9. The molecule has 1 aromatic heterocycles. The fourth-order valence-corrected chi connectivity index (χ4v) is 9.62. The molecular formula is C58H38N2. The normalized spacial score (nSPS) is 11.7. The minimum atomic E-state index is 1.09. The van der Waals surface area contributed by atoms with Gasteiger partial charge in [0, 0.05) is 33.5 Å². The lowest BCUT2D eigenvalue weighted by molar-refractivity contribution is 1.17. The van der Waals surface area contributed by atoms with Crippen LogP contribution in [0.5, 0.6) is 0 Å². The Morgan fingerprint density at radius 2 is 0.683 bits per heavy atom. The van der Waals surface area contributed by atoms with Gasteiger partial charge >= 0.3 is 0 Å². The van der Waals surface area contributed by atoms with Gasteiger partial charge in [-0.25, -0.2) is 0 Å². The summed E-state index contributed by atoms with van der Waals surface area (Å²) in [5.41, 5.74) is 19.3. The number of fused-ring (bicyclic) bond motifs is 9. The van der Waals surface area contributed by atoms with Crippen molar-refractivity contribution in [1.82, 2.24) is 4.57 Å². The van der Waals surface area contributed by atoms with E-state index >= 15 is 0 Å². The van der Waals surface area contributed by atoms with E-state index in [1.165, 1.54) is 88.2 Å². The molecule has 0 N–H and O–H groups in total. The lowest BCUT2D eigenvalue weighted by Crippen LogP contribution is -2.10. The molecule has 12 rings (SSSR count). The number of hydrogen-bond donors (Lipinski definition) is 0. The van der Waals surface area contributed by atoms with Crippen LogP contribution in [0, 0.1) is 0 Å². The highest BCUT2D eigenvalue weighted by Gasteiger charge is 2.25. The molecule has 0 saturated heterocycles. The van der Waals surface area contributed by atoms with E-state index in [-0.39, 0.29) is 0 Å². The van der Waals surface area contributed by atoms with Crippen molar-refractivity contribution in [2.75, 3.05) is 4.90 Å². The van der Waals surface area contributed by atoms with E-state index in [2.05, 4.69) is 240 Å². The smallest absolute Gasteiger partial charge is 0.0553 e. The number of nitrogens with zero attached hydrogens (tertiary/aromatic N) is 2. The van der Waals surface area contributed by atoms with Gasteiger partial charge in [-0.1, -0.05) is 170 Å². The Labute approximate surface area is 349 Å². The number of aromatic nitrogens is 1. The first kappa shape index (κ1) is 34.1. The van der Waals surface area contributed by atoms with Crippen molar-refractivity contribution in [2.24, 2.45) is 0 Å². The highest BCUT2D eigenvalue weighted by atomic mass is 15.1. The van der Waals surface area contributed by atoms with E-state index in [4.69, 9.17) is 0 Å². The largest absolute Gasteiger partial charge is 0.311 e. The Kier molecular flexibility index (Phi) is 7.89. The molecule has 280 valence electrons. The molecule has 0 bridgehead atoms. The summed E-state index contributed by atoms with van der Waals surface area (Å²) < 4.78 is 2.46. The van der Waals surface area contributed by atoms with Crippen LogP contribution in [0.1, 0.15) is 0 Å². The average molecular weight is 763 g/mol. The van der Waals surface area contributed by atoms with Crippen LogP contribution in [-0.2, 0) is 0 Å². The van der Waals surface area contributed by atoms with Crippen molar-refractivity contribution in [3.8, 4) is 61.3 Å². The van der Waals surface area contributed by atoms with Crippen LogP contribution in [0.4, 0.5) is 17.1 Å². The Morgan fingerprint density at radius 1 is 0.267 bits per heavy atom. The molecule has 1 aliphatic carbocycles. The summed E-state index contributed by atoms with van der Waals surface area (Å²) in [6.07, 6.45) is 0. The maximum Gasteiger partial charge on any atom is 0.0553 e. The third-order valence-corrected chi connectivity index (χ3v) is 12.4. The Bertz CT molecular complexity index is 3300. The summed E-state index contributed by atoms with van der Waals surface area (Å²) in [4.78, 5) is 2.36. The third-order valence-electron chi connectivity index (χ3n) is 12.4. The van der Waals surface area contributed by atoms with Crippen LogP contribution in [0.3, 0.4) is 0 Å². The minimum Gasteiger partial charge on any atom is -0.311 e. The minimum absolute atomic E-state index is 1.09. The van der Waals surface area contributed by atoms with Crippen molar-refractivity contribution in [2.45, 2.75) is 0 Å². The highest BCUT2D eigenvalue weighted by Crippen LogP contribution is 2.51. The van der Waals surface area contributed by atoms with Crippen molar-refractivity contribution in [3.63, 3.8) is 0 Å². The molecular weight excluding hydrogens is 725 g/mol. The molecule has 2 heteroatoms. The van der Waals surface area contributed by atoms with Crippen LogP contribution >= 0.6 is 0 Å². The molecule has 0 radical (unpaired) electrons. The highest BCUT2D eigenvalue weighted by molar-refractivity contribution is 6.28. The predicted molar refractivity (Wildman–Crippen MR) is 254 cm³/mol. The molecule has 0 saturated carbocycles. The number of benzene rings is 10. The Morgan fingerprint density at radius 3 is 1.25 bits per heavy atom. The summed E-state index contributed by atoms with van der Waals surface area (Å²) in [5, 5.41) is 5.13. The molecule has 0 atom stereocenters. The van der Waals surface area contributed by atoms with Gasteiger partial charge < -0.3 is 9.47 Å². The first-order valence-electron chi connectivity index (χ1n) is 20.7. The quantitative estimate of drug-likeness (QED) is 0.164. The molecule has 11 aromatic rings. The van der Waals surface area contributed by atoms with Gasteiger partial charge in [-0.05, 0) is 127 Å². The standard InChI is InChI=1S/C58H38N2/c1-3-14-39(15-4-1)41-26-30-43(31-27-41)59(44-32-28-42(29-33-44)40-16-5-2-6-17-40)45-34-36-46(37-35-45)60-55-25-12-11-22-52(55)58-53-24-13-23-51-49-20-9-7-18-47(49)48-19-8-10-21-50(48)54(57(51)53)38-56(58)60/h1-38H. The van der Waals surface area contributed by atoms with Gasteiger partial charge in [0.2, 0.25) is 0 Å². The van der Waals surface area contributed by atoms with E-state index in [1.807, 2.05) is 0 Å². The molecule has 0 amide bonds. The Balaban J connectivity index is 1.03. The maximum atomic E-state index is 2.46. The summed E-state index contributed by atoms with van der Waals surface area (Å²) in [6.45, 7) is 0. The van der Waals surface area contributed by atoms with Gasteiger partial charge in [-0.3, -0.25) is 0 Å². The molecule has 2 nitrogen and oxygen atoms in total. The summed E-state index contributed by atoms with van der Waals surface area (Å²) >= 11 is 0. The molecule has 1 aliphatic rings. The molecule has 0 spiro atoms. The second-order valence-corrected chi connectivity index (χ2v) is 15.7. The van der Waals surface area contributed by atoms with Gasteiger partial charge in [0.1, 0.15) is 0 Å². The lowest BCUT2D eigenvalue weighted by atomic mass is 9.91. The van der Waals surface area contributed by atoms with Crippen molar-refractivity contribution >= 4 is 49.6 Å². The van der Waals surface area contributed by atoms with Gasteiger partial charge in [0.05, 0.1) is 11.0 Å². The van der Waals surface area contributed by atoms with Crippen LogP contribution < -0.4 is 4.90 Å². The molecule has 0 unspecified atom stereocenters. The molecule has 0 fully saturated rings. The molecule has 0 aliphatic heterocycles. The van der Waals surface area contributed by atoms with Crippen molar-refractivity contribution in [3.05, 3.63) is 231 Å². The number of rotatable bonds is 6. The zero-order chi connectivity index (χ0) is 39.6. The van der Waals surface area contributed by atoms with Gasteiger partial charge in [-0.2, -0.15) is 0 Å². The topological polar surface area (TPSA) is 8.17 Å². The first-order valence-corrected chi connectivity index (χ1v) is 20.7. The number of anilines is 3. The fourth-order valence-electron chi connectivity index (χ4n) is 9.62. The Hall–Kier alpha value is -7.94. The number of hydrogen-bond acceptors (Lipinski definition) is 1. The zero-order valence-electron chi connectivity index (χ0n) is 32.8. The summed E-state index contributed by atoms with van der Waals surface area (Å²) in [5.74, 6) is 0. The fraction of sp³-hybridized carbons (Fsp3) is 0. The predicted octanol–water partition coefficient (Wildman–Crippen LogP) is 16.1. The molecule has 1 heterocycles. The van der Waals surface area contributed by atoms with Gasteiger partial charge in [0.25, 0.3) is 0 Å².